The zero-order valence-electron chi connectivity index (χ0n) is 10.5. The number of hydrogen-bond donors (Lipinski definition) is 2. The van der Waals surface area contributed by atoms with E-state index >= 15 is 0 Å². The first-order valence-electron chi connectivity index (χ1n) is 6.35. The van der Waals surface area contributed by atoms with E-state index in [4.69, 9.17) is 0 Å². The molecule has 1 heterocycles. The Morgan fingerprint density at radius 1 is 1.44 bits per heavy atom. The highest BCUT2D eigenvalue weighted by atomic mass is 16.2. The lowest BCUT2D eigenvalue weighted by Crippen LogP contribution is -2.47. The van der Waals surface area contributed by atoms with Crippen molar-refractivity contribution >= 4 is 5.91 Å². The lowest BCUT2D eigenvalue weighted by atomic mass is 9.76. The van der Waals surface area contributed by atoms with Crippen molar-refractivity contribution in [1.29, 1.82) is 0 Å². The van der Waals surface area contributed by atoms with E-state index in [2.05, 4.69) is 23.6 Å². The third-order valence-corrected chi connectivity index (χ3v) is 3.55. The van der Waals surface area contributed by atoms with Crippen LogP contribution in [0.4, 0.5) is 0 Å². The molecular weight excluding hydrogens is 200 g/mol. The Kier molecular flexibility index (Phi) is 5.53. The number of carbonyl (C=O) groups is 1. The molecule has 0 aromatic heterocycles. The summed E-state index contributed by atoms with van der Waals surface area (Å²) >= 11 is 0. The summed E-state index contributed by atoms with van der Waals surface area (Å²) in [5.74, 6) is 0.251. The number of carbonyl (C=O) groups excluding carboxylic acids is 1. The molecule has 16 heavy (non-hydrogen) atoms. The van der Waals surface area contributed by atoms with Gasteiger partial charge in [-0.1, -0.05) is 19.1 Å². The fourth-order valence-electron chi connectivity index (χ4n) is 2.27. The predicted octanol–water partition coefficient (Wildman–Crippen LogP) is 1.85. The van der Waals surface area contributed by atoms with Gasteiger partial charge in [0.2, 0.25) is 5.91 Å². The number of rotatable bonds is 5. The van der Waals surface area contributed by atoms with Crippen molar-refractivity contribution < 1.29 is 4.79 Å². The van der Waals surface area contributed by atoms with Crippen LogP contribution in [0.25, 0.3) is 0 Å². The van der Waals surface area contributed by atoms with E-state index in [-0.39, 0.29) is 11.3 Å². The first-order valence-corrected chi connectivity index (χ1v) is 6.35. The summed E-state index contributed by atoms with van der Waals surface area (Å²) in [4.78, 5) is 12.2. The topological polar surface area (TPSA) is 41.1 Å². The van der Waals surface area contributed by atoms with Gasteiger partial charge in [-0.3, -0.25) is 4.79 Å². The van der Waals surface area contributed by atoms with Crippen LogP contribution < -0.4 is 10.6 Å². The molecule has 92 valence electrons. The van der Waals surface area contributed by atoms with E-state index < -0.39 is 0 Å². The highest BCUT2D eigenvalue weighted by molar-refractivity contribution is 5.82. The standard InChI is InChI=1S/C13H24N2O/c1-3-5-6-9-15-12(16)13(4-2)7-10-14-11-8-13/h3,5,14H,4,6-11H2,1-2H3,(H,15,16)/b5-3+. The van der Waals surface area contributed by atoms with Crippen LogP contribution in [0.15, 0.2) is 12.2 Å². The number of piperidine rings is 1. The number of allylic oxidation sites excluding steroid dienone is 1. The van der Waals surface area contributed by atoms with Crippen molar-refractivity contribution in [3.63, 3.8) is 0 Å². The largest absolute Gasteiger partial charge is 0.355 e. The van der Waals surface area contributed by atoms with E-state index in [1.54, 1.807) is 0 Å². The predicted molar refractivity (Wildman–Crippen MR) is 67.3 cm³/mol. The molecule has 0 unspecified atom stereocenters. The van der Waals surface area contributed by atoms with Crippen molar-refractivity contribution in [1.82, 2.24) is 10.6 Å². The molecule has 1 fully saturated rings. The molecule has 1 rings (SSSR count). The minimum Gasteiger partial charge on any atom is -0.355 e. The maximum absolute atomic E-state index is 12.2. The highest BCUT2D eigenvalue weighted by Gasteiger charge is 2.37. The van der Waals surface area contributed by atoms with E-state index in [1.807, 2.05) is 13.0 Å². The van der Waals surface area contributed by atoms with Crippen molar-refractivity contribution in [2.75, 3.05) is 19.6 Å². The van der Waals surface area contributed by atoms with Crippen molar-refractivity contribution in [2.45, 2.75) is 39.5 Å². The van der Waals surface area contributed by atoms with Crippen LogP contribution in [0.2, 0.25) is 0 Å². The Balaban J connectivity index is 2.42. The third kappa shape index (κ3) is 3.34. The second-order valence-corrected chi connectivity index (χ2v) is 4.50. The number of hydrogen-bond acceptors (Lipinski definition) is 2. The van der Waals surface area contributed by atoms with Crippen molar-refractivity contribution in [3.8, 4) is 0 Å². The molecule has 3 heteroatoms. The third-order valence-electron chi connectivity index (χ3n) is 3.55. The molecule has 0 aromatic rings. The highest BCUT2D eigenvalue weighted by Crippen LogP contribution is 2.32. The van der Waals surface area contributed by atoms with Gasteiger partial charge < -0.3 is 10.6 Å². The molecule has 0 atom stereocenters. The summed E-state index contributed by atoms with van der Waals surface area (Å²) in [7, 11) is 0. The van der Waals surface area contributed by atoms with Gasteiger partial charge in [0, 0.05) is 6.54 Å². The molecule has 1 saturated heterocycles. The molecule has 0 saturated carbocycles. The lowest BCUT2D eigenvalue weighted by Gasteiger charge is -2.35. The summed E-state index contributed by atoms with van der Waals surface area (Å²) in [6.45, 7) is 6.82. The van der Waals surface area contributed by atoms with Crippen molar-refractivity contribution in [2.24, 2.45) is 5.41 Å². The summed E-state index contributed by atoms with van der Waals surface area (Å²) in [6.07, 6.45) is 7.93. The van der Waals surface area contributed by atoms with Crippen LogP contribution in [-0.2, 0) is 4.79 Å². The minimum absolute atomic E-state index is 0.110. The maximum Gasteiger partial charge on any atom is 0.226 e. The lowest BCUT2D eigenvalue weighted by molar-refractivity contribution is -0.132. The molecule has 2 N–H and O–H groups in total. The summed E-state index contributed by atoms with van der Waals surface area (Å²) in [5, 5.41) is 6.37. The normalized spacial score (nSPS) is 19.9. The monoisotopic (exact) mass is 224 g/mol. The number of nitrogens with one attached hydrogen (secondary N) is 2. The van der Waals surface area contributed by atoms with Gasteiger partial charge in [0.15, 0.2) is 0 Å². The van der Waals surface area contributed by atoms with Crippen LogP contribution in [0.5, 0.6) is 0 Å². The molecule has 0 aromatic carbocycles. The fourth-order valence-corrected chi connectivity index (χ4v) is 2.27. The average Bonchev–Trinajstić information content (AvgIpc) is 2.35. The molecule has 0 radical (unpaired) electrons. The maximum atomic E-state index is 12.2. The van der Waals surface area contributed by atoms with Crippen LogP contribution in [0, 0.1) is 5.41 Å². The Morgan fingerprint density at radius 3 is 2.69 bits per heavy atom. The van der Waals surface area contributed by atoms with Crippen LogP contribution in [0.1, 0.15) is 39.5 Å². The van der Waals surface area contributed by atoms with E-state index in [0.717, 1.165) is 45.3 Å². The number of amides is 1. The zero-order valence-corrected chi connectivity index (χ0v) is 10.5. The Labute approximate surface area is 98.7 Å². The Bertz CT molecular complexity index is 242. The Hall–Kier alpha value is -0.830. The molecule has 0 aliphatic carbocycles. The van der Waals surface area contributed by atoms with Gasteiger partial charge >= 0.3 is 0 Å². The van der Waals surface area contributed by atoms with Gasteiger partial charge in [0.25, 0.3) is 0 Å². The molecular formula is C13H24N2O. The van der Waals surface area contributed by atoms with Gasteiger partial charge in [-0.15, -0.1) is 0 Å². The van der Waals surface area contributed by atoms with E-state index in [0.29, 0.717) is 0 Å². The molecule has 1 amide bonds. The van der Waals surface area contributed by atoms with Gasteiger partial charge in [-0.05, 0) is 45.7 Å². The first kappa shape index (κ1) is 13.2. The molecule has 0 bridgehead atoms. The Morgan fingerprint density at radius 2 is 2.12 bits per heavy atom. The van der Waals surface area contributed by atoms with Crippen LogP contribution in [-0.4, -0.2) is 25.5 Å². The zero-order chi connectivity index (χ0) is 11.9. The smallest absolute Gasteiger partial charge is 0.226 e. The minimum atomic E-state index is -0.110. The van der Waals surface area contributed by atoms with Gasteiger partial charge in [-0.2, -0.15) is 0 Å². The summed E-state index contributed by atoms with van der Waals surface area (Å²) in [5.41, 5.74) is -0.110. The molecule has 1 aliphatic rings. The van der Waals surface area contributed by atoms with Gasteiger partial charge in [0.05, 0.1) is 5.41 Å². The van der Waals surface area contributed by atoms with Crippen LogP contribution >= 0.6 is 0 Å². The SMILES string of the molecule is C/C=C/CCNC(=O)C1(CC)CCNCC1. The molecule has 0 spiro atoms. The fraction of sp³-hybridized carbons (Fsp3) is 0.769. The van der Waals surface area contributed by atoms with Gasteiger partial charge in [-0.25, -0.2) is 0 Å². The summed E-state index contributed by atoms with van der Waals surface area (Å²) in [6, 6.07) is 0. The van der Waals surface area contributed by atoms with Crippen molar-refractivity contribution in [3.05, 3.63) is 12.2 Å². The van der Waals surface area contributed by atoms with E-state index in [1.165, 1.54) is 0 Å². The average molecular weight is 224 g/mol. The quantitative estimate of drug-likeness (QED) is 0.553. The molecule has 1 aliphatic heterocycles. The van der Waals surface area contributed by atoms with Gasteiger partial charge in [0.1, 0.15) is 0 Å². The van der Waals surface area contributed by atoms with Crippen LogP contribution in [0.3, 0.4) is 0 Å². The first-order chi connectivity index (χ1) is 7.75. The van der Waals surface area contributed by atoms with E-state index in [9.17, 15) is 4.79 Å². The second kappa shape index (κ2) is 6.69. The second-order valence-electron chi connectivity index (χ2n) is 4.50. The summed E-state index contributed by atoms with van der Waals surface area (Å²) < 4.78 is 0. The molecule has 3 nitrogen and oxygen atoms in total.